The molecule has 0 aromatic heterocycles. The summed E-state index contributed by atoms with van der Waals surface area (Å²) >= 11 is 0. The fraction of sp³-hybridized carbons (Fsp3) is 0.500. The quantitative estimate of drug-likeness (QED) is 0.549. The van der Waals surface area contributed by atoms with Crippen LogP contribution in [0.1, 0.15) is 44.1 Å². The summed E-state index contributed by atoms with van der Waals surface area (Å²) in [5.41, 5.74) is 1.32. The topological polar surface area (TPSA) is 41.8 Å². The first-order valence-corrected chi connectivity index (χ1v) is 6.37. The molecule has 2 aliphatic rings. The molecule has 1 N–H and O–H groups in total. The van der Waals surface area contributed by atoms with Gasteiger partial charge in [0.25, 0.3) is 0 Å². The van der Waals surface area contributed by atoms with E-state index < -0.39 is 0 Å². The number of nitrogens with zero attached hydrogens (tertiary/aromatic N) is 1. The predicted octanol–water partition coefficient (Wildman–Crippen LogP) is 3.35. The number of benzene rings is 1. The molecule has 0 amide bonds. The normalized spacial score (nSPS) is 24.4. The molecule has 0 radical (unpaired) electrons. The van der Waals surface area contributed by atoms with Gasteiger partial charge < -0.3 is 9.94 Å². The van der Waals surface area contributed by atoms with Crippen LogP contribution in [0, 0.1) is 0 Å². The third-order valence-corrected chi connectivity index (χ3v) is 3.89. The molecule has 1 aliphatic heterocycles. The molecule has 1 spiro atoms. The van der Waals surface area contributed by atoms with Crippen LogP contribution in [0.2, 0.25) is 0 Å². The maximum atomic E-state index is 9.33. The minimum Gasteiger partial charge on any atom is -0.480 e. The van der Waals surface area contributed by atoms with Gasteiger partial charge in [-0.3, -0.25) is 0 Å². The molecule has 0 bridgehead atoms. The van der Waals surface area contributed by atoms with Crippen LogP contribution in [0.15, 0.2) is 29.4 Å². The lowest BCUT2D eigenvalue weighted by Gasteiger charge is -2.27. The minimum absolute atomic E-state index is 0.366. The highest BCUT2D eigenvalue weighted by Gasteiger charge is 2.45. The monoisotopic (exact) mass is 231 g/mol. The van der Waals surface area contributed by atoms with Crippen molar-refractivity contribution in [3.63, 3.8) is 0 Å². The Kier molecular flexibility index (Phi) is 2.54. The van der Waals surface area contributed by atoms with Gasteiger partial charge in [0.1, 0.15) is 11.5 Å². The standard InChI is InChI=1S/C14H17NO2/c16-15-13-11-7-3-4-8-12(11)17-14(13)9-5-1-2-6-10-14/h3-4,7-8,16H,1-2,5-6,9-10H2/b15-13-. The van der Waals surface area contributed by atoms with Crippen molar-refractivity contribution in [3.05, 3.63) is 29.8 Å². The van der Waals surface area contributed by atoms with E-state index in [0.29, 0.717) is 0 Å². The SMILES string of the molecule is O/N=C1/c2ccccc2OC12CCCCCC2. The van der Waals surface area contributed by atoms with Crippen LogP contribution in [0.4, 0.5) is 0 Å². The molecule has 1 heterocycles. The van der Waals surface area contributed by atoms with Gasteiger partial charge in [0, 0.05) is 5.56 Å². The van der Waals surface area contributed by atoms with Crippen LogP contribution >= 0.6 is 0 Å². The van der Waals surface area contributed by atoms with Crippen LogP contribution in [-0.2, 0) is 0 Å². The molecule has 1 aromatic carbocycles. The number of oxime groups is 1. The average Bonchev–Trinajstić information content (AvgIpc) is 2.48. The Hall–Kier alpha value is -1.51. The number of hydrogen-bond donors (Lipinski definition) is 1. The van der Waals surface area contributed by atoms with Gasteiger partial charge in [-0.2, -0.15) is 0 Å². The van der Waals surface area contributed by atoms with Gasteiger partial charge in [-0.1, -0.05) is 30.1 Å². The molecule has 1 fully saturated rings. The van der Waals surface area contributed by atoms with E-state index in [-0.39, 0.29) is 5.60 Å². The number of hydrogen-bond acceptors (Lipinski definition) is 3. The predicted molar refractivity (Wildman–Crippen MR) is 65.8 cm³/mol. The van der Waals surface area contributed by atoms with Crippen LogP contribution < -0.4 is 4.74 Å². The molecule has 0 atom stereocenters. The summed E-state index contributed by atoms with van der Waals surface area (Å²) in [6.07, 6.45) is 6.71. The van der Waals surface area contributed by atoms with Gasteiger partial charge in [-0.25, -0.2) is 0 Å². The Morgan fingerprint density at radius 2 is 1.76 bits per heavy atom. The molecule has 3 heteroatoms. The zero-order valence-corrected chi connectivity index (χ0v) is 9.85. The lowest BCUT2D eigenvalue weighted by atomic mass is 9.87. The Morgan fingerprint density at radius 1 is 1.06 bits per heavy atom. The third kappa shape index (κ3) is 1.61. The summed E-state index contributed by atoms with van der Waals surface area (Å²) in [7, 11) is 0. The molecule has 0 unspecified atom stereocenters. The van der Waals surface area contributed by atoms with E-state index in [1.165, 1.54) is 12.8 Å². The molecular weight excluding hydrogens is 214 g/mol. The maximum absolute atomic E-state index is 9.33. The second kappa shape index (κ2) is 4.06. The first kappa shape index (κ1) is 10.6. The van der Waals surface area contributed by atoms with Gasteiger partial charge in [0.15, 0.2) is 5.60 Å². The van der Waals surface area contributed by atoms with Crippen LogP contribution in [0.25, 0.3) is 0 Å². The summed E-state index contributed by atoms with van der Waals surface area (Å²) in [4.78, 5) is 0. The van der Waals surface area contributed by atoms with Gasteiger partial charge in [-0.05, 0) is 37.8 Å². The molecule has 0 saturated heterocycles. The summed E-state index contributed by atoms with van der Waals surface area (Å²) in [5, 5.41) is 12.9. The second-order valence-corrected chi connectivity index (χ2v) is 4.96. The summed E-state index contributed by atoms with van der Waals surface area (Å²) in [6, 6.07) is 7.86. The molecule has 3 rings (SSSR count). The van der Waals surface area contributed by atoms with E-state index in [2.05, 4.69) is 5.16 Å². The zero-order valence-electron chi connectivity index (χ0n) is 9.85. The van der Waals surface area contributed by atoms with Crippen molar-refractivity contribution < 1.29 is 9.94 Å². The van der Waals surface area contributed by atoms with E-state index in [1.54, 1.807) is 0 Å². The maximum Gasteiger partial charge on any atom is 0.155 e. The summed E-state index contributed by atoms with van der Waals surface area (Å²) in [5.74, 6) is 0.863. The fourth-order valence-electron chi connectivity index (χ4n) is 3.04. The second-order valence-electron chi connectivity index (χ2n) is 4.96. The van der Waals surface area contributed by atoms with Crippen molar-refractivity contribution in [2.45, 2.75) is 44.1 Å². The summed E-state index contributed by atoms with van der Waals surface area (Å²) < 4.78 is 6.13. The highest BCUT2D eigenvalue weighted by atomic mass is 16.5. The summed E-state index contributed by atoms with van der Waals surface area (Å²) in [6.45, 7) is 0. The van der Waals surface area contributed by atoms with Crippen molar-refractivity contribution in [2.75, 3.05) is 0 Å². The van der Waals surface area contributed by atoms with E-state index in [1.807, 2.05) is 24.3 Å². The number of para-hydroxylation sites is 1. The molecule has 1 aromatic rings. The zero-order chi connectivity index (χ0) is 11.7. The first-order chi connectivity index (χ1) is 8.36. The van der Waals surface area contributed by atoms with Gasteiger partial charge in [-0.15, -0.1) is 0 Å². The smallest absolute Gasteiger partial charge is 0.155 e. The van der Waals surface area contributed by atoms with Gasteiger partial charge in [0.05, 0.1) is 0 Å². The third-order valence-electron chi connectivity index (χ3n) is 3.89. The lowest BCUT2D eigenvalue weighted by Crippen LogP contribution is -2.40. The van der Waals surface area contributed by atoms with E-state index >= 15 is 0 Å². The van der Waals surface area contributed by atoms with Crippen molar-refractivity contribution >= 4 is 5.71 Å². The molecular formula is C14H17NO2. The Bertz CT molecular complexity index is 445. The van der Waals surface area contributed by atoms with Crippen LogP contribution in [0.3, 0.4) is 0 Å². The van der Waals surface area contributed by atoms with Gasteiger partial charge in [0.2, 0.25) is 0 Å². The molecule has 17 heavy (non-hydrogen) atoms. The average molecular weight is 231 g/mol. The van der Waals surface area contributed by atoms with E-state index in [0.717, 1.165) is 42.7 Å². The Morgan fingerprint density at radius 3 is 2.47 bits per heavy atom. The van der Waals surface area contributed by atoms with Crippen molar-refractivity contribution in [3.8, 4) is 5.75 Å². The minimum atomic E-state index is -0.366. The molecule has 3 nitrogen and oxygen atoms in total. The number of ether oxygens (including phenoxy) is 1. The lowest BCUT2D eigenvalue weighted by molar-refractivity contribution is 0.132. The molecule has 1 saturated carbocycles. The van der Waals surface area contributed by atoms with Crippen molar-refractivity contribution in [1.29, 1.82) is 0 Å². The Balaban J connectivity index is 2.04. The number of rotatable bonds is 0. The first-order valence-electron chi connectivity index (χ1n) is 6.37. The Labute approximate surface area is 101 Å². The largest absolute Gasteiger partial charge is 0.480 e. The number of fused-ring (bicyclic) bond motifs is 1. The van der Waals surface area contributed by atoms with E-state index in [4.69, 9.17) is 4.74 Å². The highest BCUT2D eigenvalue weighted by Crippen LogP contribution is 2.42. The van der Waals surface area contributed by atoms with Gasteiger partial charge >= 0.3 is 0 Å². The van der Waals surface area contributed by atoms with Crippen LogP contribution in [0.5, 0.6) is 5.75 Å². The fourth-order valence-corrected chi connectivity index (χ4v) is 3.04. The van der Waals surface area contributed by atoms with Crippen molar-refractivity contribution in [1.82, 2.24) is 0 Å². The molecule has 90 valence electrons. The highest BCUT2D eigenvalue weighted by molar-refractivity contribution is 6.10. The molecule has 1 aliphatic carbocycles. The van der Waals surface area contributed by atoms with Crippen LogP contribution in [-0.4, -0.2) is 16.5 Å². The van der Waals surface area contributed by atoms with E-state index in [9.17, 15) is 5.21 Å². The van der Waals surface area contributed by atoms with Crippen molar-refractivity contribution in [2.24, 2.45) is 5.16 Å².